The fourth-order valence-electron chi connectivity index (χ4n) is 2.82. The van der Waals surface area contributed by atoms with Crippen molar-refractivity contribution in [2.45, 2.75) is 26.1 Å². The predicted octanol–water partition coefficient (Wildman–Crippen LogP) is 2.18. The number of nitrogens with zero attached hydrogens (tertiary/aromatic N) is 1. The van der Waals surface area contributed by atoms with E-state index in [1.54, 1.807) is 12.1 Å². The highest BCUT2D eigenvalue weighted by atomic mass is 19.1. The molecule has 3 rings (SSSR count). The number of rotatable bonds is 5. The standard InChI is InChI=1S/C20H21FN2O3/c1-14-2-4-15(5-3-14)10-22-20(25)18-12-26-13-19(24)23(18)11-16-6-8-17(21)9-7-16/h2-9,18H,10-13H2,1H3,(H,22,25). The van der Waals surface area contributed by atoms with Gasteiger partial charge in [-0.3, -0.25) is 9.59 Å². The van der Waals surface area contributed by atoms with Crippen LogP contribution < -0.4 is 5.32 Å². The monoisotopic (exact) mass is 356 g/mol. The molecule has 1 saturated heterocycles. The Morgan fingerprint density at radius 2 is 1.81 bits per heavy atom. The van der Waals surface area contributed by atoms with Crippen molar-refractivity contribution >= 4 is 11.8 Å². The van der Waals surface area contributed by atoms with Crippen LogP contribution >= 0.6 is 0 Å². The van der Waals surface area contributed by atoms with Gasteiger partial charge >= 0.3 is 0 Å². The smallest absolute Gasteiger partial charge is 0.249 e. The van der Waals surface area contributed by atoms with Crippen molar-refractivity contribution in [3.8, 4) is 0 Å². The van der Waals surface area contributed by atoms with Gasteiger partial charge in [0.2, 0.25) is 11.8 Å². The van der Waals surface area contributed by atoms with Gasteiger partial charge in [0, 0.05) is 13.1 Å². The normalized spacial score (nSPS) is 17.2. The van der Waals surface area contributed by atoms with Gasteiger partial charge in [-0.15, -0.1) is 0 Å². The molecule has 5 nitrogen and oxygen atoms in total. The van der Waals surface area contributed by atoms with Crippen molar-refractivity contribution in [3.05, 3.63) is 71.0 Å². The summed E-state index contributed by atoms with van der Waals surface area (Å²) in [5.41, 5.74) is 2.90. The van der Waals surface area contributed by atoms with Crippen LogP contribution in [-0.4, -0.2) is 36.0 Å². The molecular formula is C20H21FN2O3. The molecule has 1 heterocycles. The molecule has 26 heavy (non-hydrogen) atoms. The number of carbonyl (C=O) groups is 2. The van der Waals surface area contributed by atoms with Gasteiger partial charge in [0.15, 0.2) is 0 Å². The van der Waals surface area contributed by atoms with E-state index in [4.69, 9.17) is 4.74 Å². The van der Waals surface area contributed by atoms with Crippen molar-refractivity contribution in [2.24, 2.45) is 0 Å². The molecule has 0 spiro atoms. The van der Waals surface area contributed by atoms with Gasteiger partial charge in [-0.2, -0.15) is 0 Å². The molecule has 136 valence electrons. The molecule has 0 radical (unpaired) electrons. The van der Waals surface area contributed by atoms with Crippen LogP contribution in [0, 0.1) is 12.7 Å². The first-order valence-electron chi connectivity index (χ1n) is 8.48. The lowest BCUT2D eigenvalue weighted by Crippen LogP contribution is -2.55. The average molecular weight is 356 g/mol. The number of carbonyl (C=O) groups excluding carboxylic acids is 2. The van der Waals surface area contributed by atoms with E-state index in [2.05, 4.69) is 5.32 Å². The molecule has 0 aliphatic carbocycles. The molecule has 1 aliphatic rings. The summed E-state index contributed by atoms with van der Waals surface area (Å²) in [6.07, 6.45) is 0. The Morgan fingerprint density at radius 3 is 2.50 bits per heavy atom. The van der Waals surface area contributed by atoms with Gasteiger partial charge in [0.05, 0.1) is 6.61 Å². The van der Waals surface area contributed by atoms with Crippen LogP contribution in [0.1, 0.15) is 16.7 Å². The number of nitrogens with one attached hydrogen (secondary N) is 1. The second-order valence-corrected chi connectivity index (χ2v) is 6.38. The van der Waals surface area contributed by atoms with E-state index in [-0.39, 0.29) is 37.4 Å². The number of hydrogen-bond donors (Lipinski definition) is 1. The number of benzene rings is 2. The SMILES string of the molecule is Cc1ccc(CNC(=O)C2COCC(=O)N2Cc2ccc(F)cc2)cc1. The van der Waals surface area contributed by atoms with Crippen molar-refractivity contribution in [2.75, 3.05) is 13.2 Å². The average Bonchev–Trinajstić information content (AvgIpc) is 2.64. The molecule has 1 N–H and O–H groups in total. The van der Waals surface area contributed by atoms with Crippen LogP contribution in [0.3, 0.4) is 0 Å². The van der Waals surface area contributed by atoms with Gasteiger partial charge in [-0.05, 0) is 30.2 Å². The van der Waals surface area contributed by atoms with Crippen LogP contribution in [0.25, 0.3) is 0 Å². The maximum absolute atomic E-state index is 13.1. The van der Waals surface area contributed by atoms with Crippen LogP contribution in [0.15, 0.2) is 48.5 Å². The summed E-state index contributed by atoms with van der Waals surface area (Å²) < 4.78 is 18.3. The molecule has 1 fully saturated rings. The Labute approximate surface area is 151 Å². The van der Waals surface area contributed by atoms with E-state index >= 15 is 0 Å². The molecule has 0 aromatic heterocycles. The third kappa shape index (κ3) is 4.46. The van der Waals surface area contributed by atoms with Gasteiger partial charge in [0.25, 0.3) is 0 Å². The number of ether oxygens (including phenoxy) is 1. The number of hydrogen-bond acceptors (Lipinski definition) is 3. The molecule has 0 saturated carbocycles. The first-order chi connectivity index (χ1) is 12.5. The topological polar surface area (TPSA) is 58.6 Å². The van der Waals surface area contributed by atoms with Gasteiger partial charge in [-0.25, -0.2) is 4.39 Å². The quantitative estimate of drug-likeness (QED) is 0.893. The highest BCUT2D eigenvalue weighted by Gasteiger charge is 2.33. The minimum atomic E-state index is -0.702. The second-order valence-electron chi connectivity index (χ2n) is 6.38. The number of amides is 2. The molecule has 6 heteroatoms. The zero-order valence-electron chi connectivity index (χ0n) is 14.6. The van der Waals surface area contributed by atoms with E-state index in [9.17, 15) is 14.0 Å². The number of morpholine rings is 1. The lowest BCUT2D eigenvalue weighted by atomic mass is 10.1. The molecule has 0 bridgehead atoms. The van der Waals surface area contributed by atoms with Crippen molar-refractivity contribution in [1.29, 1.82) is 0 Å². The lowest BCUT2D eigenvalue weighted by Gasteiger charge is -2.34. The van der Waals surface area contributed by atoms with E-state index in [0.717, 1.165) is 16.7 Å². The summed E-state index contributed by atoms with van der Waals surface area (Å²) >= 11 is 0. The van der Waals surface area contributed by atoms with E-state index in [0.29, 0.717) is 6.54 Å². The van der Waals surface area contributed by atoms with Crippen LogP contribution in [0.2, 0.25) is 0 Å². The highest BCUT2D eigenvalue weighted by molar-refractivity contribution is 5.89. The molecule has 2 aromatic rings. The largest absolute Gasteiger partial charge is 0.369 e. The fraction of sp³-hybridized carbons (Fsp3) is 0.300. The Hall–Kier alpha value is -2.73. The molecule has 2 amide bonds. The number of aryl methyl sites for hydroxylation is 1. The fourth-order valence-corrected chi connectivity index (χ4v) is 2.82. The maximum atomic E-state index is 13.1. The second kappa shape index (κ2) is 8.10. The Kier molecular flexibility index (Phi) is 5.63. The zero-order valence-corrected chi connectivity index (χ0v) is 14.6. The molecule has 1 unspecified atom stereocenters. The van der Waals surface area contributed by atoms with Crippen LogP contribution in [-0.2, 0) is 27.4 Å². The van der Waals surface area contributed by atoms with Gasteiger partial charge in [0.1, 0.15) is 18.5 Å². The summed E-state index contributed by atoms with van der Waals surface area (Å²) in [6.45, 7) is 2.72. The third-order valence-electron chi connectivity index (χ3n) is 4.35. The van der Waals surface area contributed by atoms with E-state index < -0.39 is 6.04 Å². The maximum Gasteiger partial charge on any atom is 0.249 e. The predicted molar refractivity (Wildman–Crippen MR) is 94.6 cm³/mol. The first-order valence-corrected chi connectivity index (χ1v) is 8.48. The molecule has 1 atom stereocenters. The molecule has 1 aliphatic heterocycles. The minimum Gasteiger partial charge on any atom is -0.369 e. The summed E-state index contributed by atoms with van der Waals surface area (Å²) in [7, 11) is 0. The number of halogens is 1. The van der Waals surface area contributed by atoms with Crippen LogP contribution in [0.4, 0.5) is 4.39 Å². The molecule has 2 aromatic carbocycles. The van der Waals surface area contributed by atoms with Crippen molar-refractivity contribution < 1.29 is 18.7 Å². The van der Waals surface area contributed by atoms with Crippen LogP contribution in [0.5, 0.6) is 0 Å². The summed E-state index contributed by atoms with van der Waals surface area (Å²) in [5, 5.41) is 2.86. The van der Waals surface area contributed by atoms with E-state index in [1.165, 1.54) is 17.0 Å². The Morgan fingerprint density at radius 1 is 1.15 bits per heavy atom. The molecular weight excluding hydrogens is 335 g/mol. The zero-order chi connectivity index (χ0) is 18.5. The summed E-state index contributed by atoms with van der Waals surface area (Å²) in [4.78, 5) is 26.3. The van der Waals surface area contributed by atoms with Gasteiger partial charge in [-0.1, -0.05) is 42.0 Å². The first kappa shape index (κ1) is 18.1. The summed E-state index contributed by atoms with van der Waals surface area (Å²) in [5.74, 6) is -0.855. The highest BCUT2D eigenvalue weighted by Crippen LogP contribution is 2.15. The summed E-state index contributed by atoms with van der Waals surface area (Å²) in [6, 6.07) is 13.1. The minimum absolute atomic E-state index is 0.0526. The van der Waals surface area contributed by atoms with Crippen molar-refractivity contribution in [3.63, 3.8) is 0 Å². The van der Waals surface area contributed by atoms with Crippen molar-refractivity contribution in [1.82, 2.24) is 10.2 Å². The lowest BCUT2D eigenvalue weighted by molar-refractivity contribution is -0.155. The van der Waals surface area contributed by atoms with Gasteiger partial charge < -0.3 is 15.0 Å². The Bertz CT molecular complexity index is 775. The van der Waals surface area contributed by atoms with E-state index in [1.807, 2.05) is 31.2 Å². The Balaban J connectivity index is 1.66. The third-order valence-corrected chi connectivity index (χ3v) is 4.35.